The number of rotatable bonds is 7. The molecule has 0 aliphatic heterocycles. The van der Waals surface area contributed by atoms with Gasteiger partial charge in [0, 0.05) is 19.3 Å². The number of carbonyl (C=O) groups is 1. The number of benzene rings is 1. The summed E-state index contributed by atoms with van der Waals surface area (Å²) in [5, 5.41) is 2.90. The van der Waals surface area contributed by atoms with Gasteiger partial charge in [0.25, 0.3) is 5.91 Å². The number of aromatic nitrogens is 1. The van der Waals surface area contributed by atoms with E-state index in [0.29, 0.717) is 24.6 Å². The second kappa shape index (κ2) is 8.29. The molecule has 0 aliphatic carbocycles. The number of hydrogen-bond donors (Lipinski definition) is 1. The molecule has 1 aromatic carbocycles. The minimum atomic E-state index is -0.182. The number of nitrogens with one attached hydrogen (secondary N) is 1. The van der Waals surface area contributed by atoms with E-state index in [-0.39, 0.29) is 5.91 Å². The standard InChI is InChI=1S/C18H23N3O2/c1-4-23-18-16(6-5-11-19-18)17(22)20-12-14-7-9-15(10-8-14)13-21(2)3/h5-11H,4,12-13H2,1-3H3,(H,20,22). The predicted octanol–water partition coefficient (Wildman–Crippen LogP) is 2.47. The lowest BCUT2D eigenvalue weighted by molar-refractivity contribution is 0.0946. The van der Waals surface area contributed by atoms with E-state index < -0.39 is 0 Å². The number of pyridine rings is 1. The average Bonchev–Trinajstić information content (AvgIpc) is 2.54. The molecule has 0 saturated heterocycles. The van der Waals surface area contributed by atoms with Crippen molar-refractivity contribution in [2.45, 2.75) is 20.0 Å². The zero-order valence-corrected chi connectivity index (χ0v) is 13.9. The van der Waals surface area contributed by atoms with E-state index in [1.807, 2.05) is 33.2 Å². The summed E-state index contributed by atoms with van der Waals surface area (Å²) in [6.45, 7) is 3.72. The predicted molar refractivity (Wildman–Crippen MR) is 90.4 cm³/mol. The van der Waals surface area contributed by atoms with Crippen LogP contribution in [-0.2, 0) is 13.1 Å². The van der Waals surface area contributed by atoms with Gasteiger partial charge < -0.3 is 15.0 Å². The molecule has 0 unspecified atom stereocenters. The van der Waals surface area contributed by atoms with Crippen LogP contribution in [0.5, 0.6) is 5.88 Å². The zero-order chi connectivity index (χ0) is 16.7. The van der Waals surface area contributed by atoms with E-state index in [1.54, 1.807) is 18.3 Å². The Labute approximate surface area is 137 Å². The van der Waals surface area contributed by atoms with Crippen LogP contribution < -0.4 is 10.1 Å². The Morgan fingerprint density at radius 1 is 1.17 bits per heavy atom. The largest absolute Gasteiger partial charge is 0.477 e. The van der Waals surface area contributed by atoms with Gasteiger partial charge in [0.2, 0.25) is 5.88 Å². The third-order valence-corrected chi connectivity index (χ3v) is 3.27. The number of hydrogen-bond acceptors (Lipinski definition) is 4. The highest BCUT2D eigenvalue weighted by Gasteiger charge is 2.12. The van der Waals surface area contributed by atoms with Crippen LogP contribution in [0.1, 0.15) is 28.4 Å². The summed E-state index contributed by atoms with van der Waals surface area (Å²) >= 11 is 0. The zero-order valence-electron chi connectivity index (χ0n) is 13.9. The van der Waals surface area contributed by atoms with E-state index in [9.17, 15) is 4.79 Å². The van der Waals surface area contributed by atoms with Gasteiger partial charge in [0.05, 0.1) is 6.61 Å². The van der Waals surface area contributed by atoms with Gasteiger partial charge in [-0.2, -0.15) is 0 Å². The van der Waals surface area contributed by atoms with Crippen LogP contribution in [0.25, 0.3) is 0 Å². The molecule has 0 fully saturated rings. The number of ether oxygens (including phenoxy) is 1. The highest BCUT2D eigenvalue weighted by Crippen LogP contribution is 2.14. The fraction of sp³-hybridized carbons (Fsp3) is 0.333. The lowest BCUT2D eigenvalue weighted by Crippen LogP contribution is -2.23. The molecule has 1 heterocycles. The average molecular weight is 313 g/mol. The molecule has 23 heavy (non-hydrogen) atoms. The summed E-state index contributed by atoms with van der Waals surface area (Å²) < 4.78 is 5.39. The van der Waals surface area contributed by atoms with Gasteiger partial charge in [-0.15, -0.1) is 0 Å². The molecule has 1 N–H and O–H groups in total. The number of nitrogens with zero attached hydrogens (tertiary/aromatic N) is 2. The van der Waals surface area contributed by atoms with E-state index in [2.05, 4.69) is 27.3 Å². The van der Waals surface area contributed by atoms with Crippen LogP contribution in [0.2, 0.25) is 0 Å². The Balaban J connectivity index is 1.96. The van der Waals surface area contributed by atoms with Crippen molar-refractivity contribution in [2.24, 2.45) is 0 Å². The minimum absolute atomic E-state index is 0.182. The molecule has 1 amide bonds. The number of amides is 1. The Morgan fingerprint density at radius 2 is 1.87 bits per heavy atom. The molecule has 2 aromatic rings. The van der Waals surface area contributed by atoms with Gasteiger partial charge in [-0.05, 0) is 44.3 Å². The molecule has 0 bridgehead atoms. The molecule has 122 valence electrons. The van der Waals surface area contributed by atoms with Gasteiger partial charge in [-0.1, -0.05) is 24.3 Å². The molecule has 5 nitrogen and oxygen atoms in total. The first-order chi connectivity index (χ1) is 11.1. The maximum Gasteiger partial charge on any atom is 0.257 e. The van der Waals surface area contributed by atoms with Crippen molar-refractivity contribution in [1.29, 1.82) is 0 Å². The van der Waals surface area contributed by atoms with Crippen LogP contribution in [0.4, 0.5) is 0 Å². The smallest absolute Gasteiger partial charge is 0.257 e. The topological polar surface area (TPSA) is 54.5 Å². The highest BCUT2D eigenvalue weighted by atomic mass is 16.5. The van der Waals surface area contributed by atoms with Gasteiger partial charge in [-0.25, -0.2) is 4.98 Å². The Bertz CT molecular complexity index is 639. The first-order valence-electron chi connectivity index (χ1n) is 7.68. The van der Waals surface area contributed by atoms with Crippen LogP contribution >= 0.6 is 0 Å². The number of carbonyl (C=O) groups excluding carboxylic acids is 1. The van der Waals surface area contributed by atoms with E-state index in [4.69, 9.17) is 4.74 Å². The normalized spacial score (nSPS) is 10.6. The Kier molecular flexibility index (Phi) is 6.11. The first kappa shape index (κ1) is 17.0. The maximum atomic E-state index is 12.3. The van der Waals surface area contributed by atoms with Crippen LogP contribution in [0.15, 0.2) is 42.6 Å². The molecule has 5 heteroatoms. The molecule has 1 aromatic heterocycles. The molecular weight excluding hydrogens is 290 g/mol. The molecule has 2 rings (SSSR count). The van der Waals surface area contributed by atoms with Crippen LogP contribution in [0, 0.1) is 0 Å². The van der Waals surface area contributed by atoms with Crippen molar-refractivity contribution in [1.82, 2.24) is 15.2 Å². The fourth-order valence-electron chi connectivity index (χ4n) is 2.22. The van der Waals surface area contributed by atoms with Crippen LogP contribution in [-0.4, -0.2) is 36.5 Å². The summed E-state index contributed by atoms with van der Waals surface area (Å²) in [5.74, 6) is 0.188. The van der Waals surface area contributed by atoms with E-state index in [0.717, 1.165) is 12.1 Å². The van der Waals surface area contributed by atoms with E-state index in [1.165, 1.54) is 5.56 Å². The van der Waals surface area contributed by atoms with E-state index >= 15 is 0 Å². The van der Waals surface area contributed by atoms with Crippen molar-refractivity contribution >= 4 is 5.91 Å². The second-order valence-electron chi connectivity index (χ2n) is 5.53. The van der Waals surface area contributed by atoms with Gasteiger partial charge in [-0.3, -0.25) is 4.79 Å². The van der Waals surface area contributed by atoms with Gasteiger partial charge in [0.15, 0.2) is 0 Å². The summed E-state index contributed by atoms with van der Waals surface area (Å²) in [7, 11) is 4.08. The molecule has 0 aliphatic rings. The van der Waals surface area contributed by atoms with Crippen molar-refractivity contribution in [3.05, 3.63) is 59.3 Å². The monoisotopic (exact) mass is 313 g/mol. The van der Waals surface area contributed by atoms with Crippen molar-refractivity contribution < 1.29 is 9.53 Å². The summed E-state index contributed by atoms with van der Waals surface area (Å²) in [4.78, 5) is 18.5. The summed E-state index contributed by atoms with van der Waals surface area (Å²) in [6, 6.07) is 11.7. The first-order valence-corrected chi connectivity index (χ1v) is 7.68. The fourth-order valence-corrected chi connectivity index (χ4v) is 2.22. The third-order valence-electron chi connectivity index (χ3n) is 3.27. The van der Waals surface area contributed by atoms with Crippen molar-refractivity contribution in [3.8, 4) is 5.88 Å². The Morgan fingerprint density at radius 3 is 2.52 bits per heavy atom. The highest BCUT2D eigenvalue weighted by molar-refractivity contribution is 5.96. The molecule has 0 radical (unpaired) electrons. The second-order valence-corrected chi connectivity index (χ2v) is 5.53. The lowest BCUT2D eigenvalue weighted by atomic mass is 10.1. The van der Waals surface area contributed by atoms with Gasteiger partial charge in [0.1, 0.15) is 5.56 Å². The minimum Gasteiger partial charge on any atom is -0.477 e. The molecule has 0 atom stereocenters. The SMILES string of the molecule is CCOc1ncccc1C(=O)NCc1ccc(CN(C)C)cc1. The van der Waals surface area contributed by atoms with Crippen molar-refractivity contribution in [3.63, 3.8) is 0 Å². The van der Waals surface area contributed by atoms with Crippen LogP contribution in [0.3, 0.4) is 0 Å². The summed E-state index contributed by atoms with van der Waals surface area (Å²) in [6.07, 6.45) is 1.62. The third kappa shape index (κ3) is 5.07. The quantitative estimate of drug-likeness (QED) is 0.853. The van der Waals surface area contributed by atoms with Crippen molar-refractivity contribution in [2.75, 3.05) is 20.7 Å². The maximum absolute atomic E-state index is 12.3. The molecular formula is C18H23N3O2. The summed E-state index contributed by atoms with van der Waals surface area (Å²) in [5.41, 5.74) is 2.76. The lowest BCUT2D eigenvalue weighted by Gasteiger charge is -2.11. The molecule has 0 spiro atoms. The Hall–Kier alpha value is -2.40. The molecule has 0 saturated carbocycles. The van der Waals surface area contributed by atoms with Gasteiger partial charge >= 0.3 is 0 Å².